The Morgan fingerprint density at radius 3 is 2.71 bits per heavy atom. The normalized spacial score (nSPS) is 14.2. The predicted octanol–water partition coefficient (Wildman–Crippen LogP) is 4.15. The minimum atomic E-state index is 0.0199. The number of nitrogens with one attached hydrogen (secondary N) is 1. The number of hydrogen-bond acceptors (Lipinski definition) is 3. The molecule has 5 heteroatoms. The maximum Gasteiger partial charge on any atom is 0.223 e. The Bertz CT molecular complexity index is 1050. The topological polar surface area (TPSA) is 66.1 Å². The number of benzene rings is 1. The zero-order valence-electron chi connectivity index (χ0n) is 15.9. The minimum Gasteiger partial charge on any atom is -0.359 e. The van der Waals surface area contributed by atoms with E-state index in [1.54, 1.807) is 6.20 Å². The average Bonchev–Trinajstić information content (AvgIpc) is 3.16. The fraction of sp³-hybridized carbons (Fsp3) is 0.261. The van der Waals surface area contributed by atoms with Crippen molar-refractivity contribution in [3.8, 4) is 0 Å². The summed E-state index contributed by atoms with van der Waals surface area (Å²) in [5.74, 6) is 0.0549. The van der Waals surface area contributed by atoms with E-state index in [1.807, 2.05) is 54.4 Å². The van der Waals surface area contributed by atoms with Crippen LogP contribution in [0.5, 0.6) is 0 Å². The number of amides is 1. The number of aromatic amines is 1. The van der Waals surface area contributed by atoms with Crippen LogP contribution in [0, 0.1) is 6.92 Å². The van der Waals surface area contributed by atoms with Gasteiger partial charge < -0.3 is 9.88 Å². The van der Waals surface area contributed by atoms with Crippen molar-refractivity contribution in [2.24, 2.45) is 0 Å². The summed E-state index contributed by atoms with van der Waals surface area (Å²) in [7, 11) is 0. The molecular formula is C23H23N3O2. The molecule has 142 valence electrons. The zero-order valence-corrected chi connectivity index (χ0v) is 15.9. The summed E-state index contributed by atoms with van der Waals surface area (Å²) in [6, 6.07) is 11.4. The largest absolute Gasteiger partial charge is 0.359 e. The molecule has 0 aliphatic carbocycles. The van der Waals surface area contributed by atoms with Gasteiger partial charge in [-0.2, -0.15) is 0 Å². The van der Waals surface area contributed by atoms with Crippen molar-refractivity contribution in [3.05, 3.63) is 71.6 Å². The Morgan fingerprint density at radius 2 is 1.96 bits per heavy atom. The molecule has 0 saturated carbocycles. The van der Waals surface area contributed by atoms with Gasteiger partial charge in [-0.05, 0) is 31.1 Å². The molecule has 1 N–H and O–H groups in total. The van der Waals surface area contributed by atoms with Crippen molar-refractivity contribution >= 4 is 28.3 Å². The number of hydrogen-bond donors (Lipinski definition) is 1. The molecule has 1 aromatic carbocycles. The third-order valence-corrected chi connectivity index (χ3v) is 5.28. The van der Waals surface area contributed by atoms with Crippen LogP contribution < -0.4 is 0 Å². The molecule has 0 fully saturated rings. The number of aryl methyl sites for hydroxylation is 1. The maximum absolute atomic E-state index is 12.5. The first-order chi connectivity index (χ1) is 13.6. The first-order valence-corrected chi connectivity index (χ1v) is 9.61. The van der Waals surface area contributed by atoms with E-state index in [4.69, 9.17) is 0 Å². The van der Waals surface area contributed by atoms with Crippen molar-refractivity contribution in [2.45, 2.75) is 26.2 Å². The summed E-state index contributed by atoms with van der Waals surface area (Å²) in [4.78, 5) is 34.3. The molecule has 28 heavy (non-hydrogen) atoms. The van der Waals surface area contributed by atoms with Crippen LogP contribution in [0.3, 0.4) is 0 Å². The molecule has 1 aliphatic rings. The highest BCUT2D eigenvalue weighted by molar-refractivity contribution is 5.98. The smallest absolute Gasteiger partial charge is 0.223 e. The first-order valence-electron chi connectivity index (χ1n) is 9.61. The van der Waals surface area contributed by atoms with Gasteiger partial charge >= 0.3 is 0 Å². The van der Waals surface area contributed by atoms with Crippen LogP contribution in [0.15, 0.2) is 54.9 Å². The highest BCUT2D eigenvalue weighted by Gasteiger charge is 2.20. The van der Waals surface area contributed by atoms with E-state index in [2.05, 4.69) is 16.0 Å². The van der Waals surface area contributed by atoms with Gasteiger partial charge in [-0.3, -0.25) is 14.6 Å². The lowest BCUT2D eigenvalue weighted by atomic mass is 10.00. The van der Waals surface area contributed by atoms with Crippen molar-refractivity contribution in [1.82, 2.24) is 14.9 Å². The van der Waals surface area contributed by atoms with Crippen LogP contribution in [0.1, 0.15) is 40.7 Å². The van der Waals surface area contributed by atoms with Crippen LogP contribution in [0.25, 0.3) is 16.6 Å². The standard InChI is InChI=1S/C23H23N3O2/c1-16-4-6-18(7-5-16)21(27)8-9-22(28)26-13-10-17(11-14-26)19-15-25-20-3-2-12-24-23(19)20/h2-7,10,12,15,25H,8-9,11,13-14H2,1H3. The maximum atomic E-state index is 12.5. The van der Waals surface area contributed by atoms with E-state index >= 15 is 0 Å². The molecule has 3 heterocycles. The Hall–Kier alpha value is -3.21. The lowest BCUT2D eigenvalue weighted by molar-refractivity contribution is -0.130. The summed E-state index contributed by atoms with van der Waals surface area (Å²) in [5.41, 5.74) is 6.10. The van der Waals surface area contributed by atoms with E-state index in [1.165, 1.54) is 5.57 Å². The summed E-state index contributed by atoms with van der Waals surface area (Å²) < 4.78 is 0. The Kier molecular flexibility index (Phi) is 5.06. The van der Waals surface area contributed by atoms with Crippen LogP contribution in [-0.2, 0) is 4.79 Å². The molecule has 3 aromatic rings. The number of carbonyl (C=O) groups excluding carboxylic acids is 2. The van der Waals surface area contributed by atoms with Crippen LogP contribution in [0.2, 0.25) is 0 Å². The van der Waals surface area contributed by atoms with E-state index < -0.39 is 0 Å². The molecule has 0 radical (unpaired) electrons. The quantitative estimate of drug-likeness (QED) is 0.683. The lowest BCUT2D eigenvalue weighted by Gasteiger charge is -2.26. The van der Waals surface area contributed by atoms with E-state index in [0.717, 1.165) is 28.6 Å². The van der Waals surface area contributed by atoms with Gasteiger partial charge in [0.1, 0.15) is 0 Å². The molecule has 0 atom stereocenters. The number of ketones is 1. The number of aromatic nitrogens is 2. The summed E-state index contributed by atoms with van der Waals surface area (Å²) >= 11 is 0. The van der Waals surface area contributed by atoms with Gasteiger partial charge in [0.25, 0.3) is 0 Å². The SMILES string of the molecule is Cc1ccc(C(=O)CCC(=O)N2CC=C(c3c[nH]c4cccnc34)CC2)cc1. The second-order valence-corrected chi connectivity index (χ2v) is 7.21. The Morgan fingerprint density at radius 1 is 1.14 bits per heavy atom. The minimum absolute atomic E-state index is 0.0199. The van der Waals surface area contributed by atoms with E-state index in [-0.39, 0.29) is 24.5 Å². The highest BCUT2D eigenvalue weighted by Crippen LogP contribution is 2.28. The molecular weight excluding hydrogens is 350 g/mol. The second-order valence-electron chi connectivity index (χ2n) is 7.21. The summed E-state index contributed by atoms with van der Waals surface area (Å²) in [6.45, 7) is 3.23. The van der Waals surface area contributed by atoms with Crippen molar-refractivity contribution in [2.75, 3.05) is 13.1 Å². The van der Waals surface area contributed by atoms with Crippen LogP contribution in [0.4, 0.5) is 0 Å². The number of nitrogens with zero attached hydrogens (tertiary/aromatic N) is 2. The van der Waals surface area contributed by atoms with E-state index in [9.17, 15) is 9.59 Å². The molecule has 4 rings (SSSR count). The van der Waals surface area contributed by atoms with Gasteiger partial charge in [-0.1, -0.05) is 35.9 Å². The zero-order chi connectivity index (χ0) is 19.5. The Labute approximate surface area is 164 Å². The van der Waals surface area contributed by atoms with Crippen LogP contribution >= 0.6 is 0 Å². The lowest BCUT2D eigenvalue weighted by Crippen LogP contribution is -2.34. The summed E-state index contributed by atoms with van der Waals surface area (Å²) in [6.07, 6.45) is 7.18. The number of carbonyl (C=O) groups is 2. The molecule has 1 amide bonds. The molecule has 0 unspecified atom stereocenters. The Balaban J connectivity index is 1.36. The first kappa shape index (κ1) is 18.2. The molecule has 1 aliphatic heterocycles. The third-order valence-electron chi connectivity index (χ3n) is 5.28. The van der Waals surface area contributed by atoms with Gasteiger partial charge in [0.05, 0.1) is 11.0 Å². The molecule has 0 spiro atoms. The predicted molar refractivity (Wildman–Crippen MR) is 110 cm³/mol. The van der Waals surface area contributed by atoms with Crippen molar-refractivity contribution < 1.29 is 9.59 Å². The molecule has 2 aromatic heterocycles. The highest BCUT2D eigenvalue weighted by atomic mass is 16.2. The number of fused-ring (bicyclic) bond motifs is 1. The number of Topliss-reactive ketones (excluding diaryl/α,β-unsaturated/α-hetero) is 1. The van der Waals surface area contributed by atoms with Crippen molar-refractivity contribution in [3.63, 3.8) is 0 Å². The fourth-order valence-electron chi connectivity index (χ4n) is 3.60. The molecule has 5 nitrogen and oxygen atoms in total. The number of rotatable bonds is 5. The monoisotopic (exact) mass is 373 g/mol. The number of pyridine rings is 1. The van der Waals surface area contributed by atoms with E-state index in [0.29, 0.717) is 18.7 Å². The van der Waals surface area contributed by atoms with Crippen molar-refractivity contribution in [1.29, 1.82) is 0 Å². The van der Waals surface area contributed by atoms with Gasteiger partial charge in [0, 0.05) is 49.5 Å². The molecule has 0 saturated heterocycles. The van der Waals surface area contributed by atoms with Gasteiger partial charge in [0.15, 0.2) is 5.78 Å². The van der Waals surface area contributed by atoms with Crippen LogP contribution in [-0.4, -0.2) is 39.6 Å². The fourth-order valence-corrected chi connectivity index (χ4v) is 3.60. The molecule has 0 bridgehead atoms. The average molecular weight is 373 g/mol. The third kappa shape index (κ3) is 3.74. The van der Waals surface area contributed by atoms with Gasteiger partial charge in [-0.15, -0.1) is 0 Å². The second kappa shape index (κ2) is 7.80. The van der Waals surface area contributed by atoms with Gasteiger partial charge in [0.2, 0.25) is 5.91 Å². The van der Waals surface area contributed by atoms with Gasteiger partial charge in [-0.25, -0.2) is 0 Å². The number of H-pyrrole nitrogens is 1. The summed E-state index contributed by atoms with van der Waals surface area (Å²) in [5, 5.41) is 0.